The molecule has 0 saturated heterocycles. The minimum atomic E-state index is -4.12. The number of carbonyl (C=O) groups is 1. The van der Waals surface area contributed by atoms with E-state index in [-0.39, 0.29) is 26.9 Å². The van der Waals surface area contributed by atoms with Crippen LogP contribution in [0.4, 0.5) is 24.5 Å². The number of carbonyl (C=O) groups excluding carboxylic acids is 1. The maximum absolute atomic E-state index is 13.8. The summed E-state index contributed by atoms with van der Waals surface area (Å²) in [6, 6.07) is 10.8. The Morgan fingerprint density at radius 3 is 2.20 bits per heavy atom. The van der Waals surface area contributed by atoms with Gasteiger partial charge in [0.15, 0.2) is 0 Å². The van der Waals surface area contributed by atoms with E-state index in [0.717, 1.165) is 34.6 Å². The predicted octanol–water partition coefficient (Wildman–Crippen LogP) is 4.83. The van der Waals surface area contributed by atoms with Gasteiger partial charge in [-0.15, -0.1) is 0 Å². The van der Waals surface area contributed by atoms with Crippen molar-refractivity contribution in [1.29, 1.82) is 0 Å². The molecule has 30 heavy (non-hydrogen) atoms. The summed E-state index contributed by atoms with van der Waals surface area (Å²) in [4.78, 5) is 12.3. The van der Waals surface area contributed by atoms with Crippen LogP contribution >= 0.6 is 11.6 Å². The molecule has 0 radical (unpaired) electrons. The maximum atomic E-state index is 13.8. The normalized spacial score (nSPS) is 11.2. The molecule has 0 aromatic heterocycles. The number of nitrogens with zero attached hydrogens (tertiary/aromatic N) is 1. The summed E-state index contributed by atoms with van der Waals surface area (Å²) in [5.41, 5.74) is -0.325. The van der Waals surface area contributed by atoms with Gasteiger partial charge in [0.2, 0.25) is 0 Å². The van der Waals surface area contributed by atoms with Crippen molar-refractivity contribution >= 4 is 38.9 Å². The molecular formula is C20H14ClF3N2O3S. The molecule has 3 aromatic rings. The van der Waals surface area contributed by atoms with E-state index in [0.29, 0.717) is 6.07 Å². The fraction of sp³-hybridized carbons (Fsp3) is 0.0500. The van der Waals surface area contributed by atoms with Crippen molar-refractivity contribution in [3.63, 3.8) is 0 Å². The summed E-state index contributed by atoms with van der Waals surface area (Å²) in [5.74, 6) is -3.23. The van der Waals surface area contributed by atoms with Gasteiger partial charge in [-0.3, -0.25) is 9.10 Å². The van der Waals surface area contributed by atoms with Gasteiger partial charge in [-0.25, -0.2) is 21.6 Å². The molecule has 1 amide bonds. The largest absolute Gasteiger partial charge is 0.319 e. The van der Waals surface area contributed by atoms with Gasteiger partial charge in [0, 0.05) is 13.1 Å². The van der Waals surface area contributed by atoms with Gasteiger partial charge in [-0.05, 0) is 54.6 Å². The Morgan fingerprint density at radius 2 is 1.57 bits per heavy atom. The van der Waals surface area contributed by atoms with Crippen LogP contribution in [-0.4, -0.2) is 21.4 Å². The van der Waals surface area contributed by atoms with Crippen LogP contribution in [0, 0.1) is 17.5 Å². The lowest BCUT2D eigenvalue weighted by Gasteiger charge is -2.20. The molecule has 156 valence electrons. The van der Waals surface area contributed by atoms with Crippen LogP contribution in [0.5, 0.6) is 0 Å². The van der Waals surface area contributed by atoms with Crippen LogP contribution in [0.25, 0.3) is 0 Å². The molecule has 0 fully saturated rings. The molecule has 0 unspecified atom stereocenters. The molecule has 3 aromatic carbocycles. The van der Waals surface area contributed by atoms with E-state index in [1.807, 2.05) is 0 Å². The number of nitrogens with one attached hydrogen (secondary N) is 1. The zero-order chi connectivity index (χ0) is 22.1. The third-order valence-electron chi connectivity index (χ3n) is 4.21. The highest BCUT2D eigenvalue weighted by Gasteiger charge is 2.24. The number of halogens is 4. The van der Waals surface area contributed by atoms with E-state index in [2.05, 4.69) is 5.32 Å². The third-order valence-corrected chi connectivity index (χ3v) is 6.32. The van der Waals surface area contributed by atoms with Gasteiger partial charge in [0.05, 0.1) is 26.9 Å². The lowest BCUT2D eigenvalue weighted by atomic mass is 10.2. The average molecular weight is 455 g/mol. The Morgan fingerprint density at radius 1 is 0.933 bits per heavy atom. The van der Waals surface area contributed by atoms with Gasteiger partial charge in [0.25, 0.3) is 15.9 Å². The monoisotopic (exact) mass is 454 g/mol. The first-order valence-corrected chi connectivity index (χ1v) is 10.2. The van der Waals surface area contributed by atoms with Crippen molar-refractivity contribution in [2.75, 3.05) is 16.7 Å². The van der Waals surface area contributed by atoms with Gasteiger partial charge < -0.3 is 5.32 Å². The van der Waals surface area contributed by atoms with Crippen molar-refractivity contribution < 1.29 is 26.4 Å². The van der Waals surface area contributed by atoms with Crippen molar-refractivity contribution in [3.05, 3.63) is 88.7 Å². The lowest BCUT2D eigenvalue weighted by Crippen LogP contribution is -2.27. The first kappa shape index (κ1) is 21.7. The van der Waals surface area contributed by atoms with Crippen LogP contribution < -0.4 is 9.62 Å². The first-order valence-electron chi connectivity index (χ1n) is 8.40. The minimum absolute atomic E-state index is 0.0709. The van der Waals surface area contributed by atoms with Gasteiger partial charge in [0.1, 0.15) is 17.5 Å². The van der Waals surface area contributed by atoms with E-state index in [1.54, 1.807) is 0 Å². The lowest BCUT2D eigenvalue weighted by molar-refractivity contribution is 0.102. The topological polar surface area (TPSA) is 66.5 Å². The Bertz CT molecular complexity index is 1220. The maximum Gasteiger partial charge on any atom is 0.264 e. The smallest absolute Gasteiger partial charge is 0.264 e. The van der Waals surface area contributed by atoms with Crippen molar-refractivity contribution in [3.8, 4) is 0 Å². The van der Waals surface area contributed by atoms with Crippen LogP contribution in [0.3, 0.4) is 0 Å². The molecule has 0 spiro atoms. The van der Waals surface area contributed by atoms with Crippen LogP contribution in [0.2, 0.25) is 5.02 Å². The fourth-order valence-electron chi connectivity index (χ4n) is 2.57. The third kappa shape index (κ3) is 4.42. The number of hydrogen-bond donors (Lipinski definition) is 1. The Balaban J connectivity index is 1.93. The molecule has 0 bridgehead atoms. The van der Waals surface area contributed by atoms with Crippen molar-refractivity contribution in [2.24, 2.45) is 0 Å². The minimum Gasteiger partial charge on any atom is -0.319 e. The SMILES string of the molecule is CN(c1ccc(F)cc1)S(=O)(=O)c1ccc(Cl)c(C(=O)Nc2ccc(F)cc2F)c1. The van der Waals surface area contributed by atoms with Crippen LogP contribution in [0.15, 0.2) is 65.6 Å². The number of benzene rings is 3. The molecule has 5 nitrogen and oxygen atoms in total. The number of sulfonamides is 1. The average Bonchev–Trinajstić information content (AvgIpc) is 2.70. The van der Waals surface area contributed by atoms with E-state index in [1.165, 1.54) is 31.3 Å². The highest BCUT2D eigenvalue weighted by atomic mass is 35.5. The molecule has 0 heterocycles. The van der Waals surface area contributed by atoms with E-state index < -0.39 is 33.4 Å². The summed E-state index contributed by atoms with van der Waals surface area (Å²) in [7, 11) is -2.85. The second kappa shape index (κ2) is 8.37. The summed E-state index contributed by atoms with van der Waals surface area (Å²) >= 11 is 6.02. The second-order valence-electron chi connectivity index (χ2n) is 6.17. The van der Waals surface area contributed by atoms with Crippen molar-refractivity contribution in [2.45, 2.75) is 4.90 Å². The Kier molecular flexibility index (Phi) is 6.04. The fourth-order valence-corrected chi connectivity index (χ4v) is 3.99. The first-order chi connectivity index (χ1) is 14.1. The molecule has 0 aliphatic carbocycles. The quantitative estimate of drug-likeness (QED) is 0.600. The second-order valence-corrected chi connectivity index (χ2v) is 8.55. The summed E-state index contributed by atoms with van der Waals surface area (Å²) in [6.07, 6.45) is 0. The van der Waals surface area contributed by atoms with Crippen molar-refractivity contribution in [1.82, 2.24) is 0 Å². The zero-order valence-corrected chi connectivity index (χ0v) is 16.9. The molecular weight excluding hydrogens is 441 g/mol. The number of amides is 1. The summed E-state index contributed by atoms with van der Waals surface area (Å²) in [5, 5.41) is 2.15. The van der Waals surface area contributed by atoms with E-state index >= 15 is 0 Å². The van der Waals surface area contributed by atoms with Gasteiger partial charge in [-0.1, -0.05) is 11.6 Å². The van der Waals surface area contributed by atoms with E-state index in [4.69, 9.17) is 11.6 Å². The van der Waals surface area contributed by atoms with Gasteiger partial charge >= 0.3 is 0 Å². The molecule has 0 atom stereocenters. The van der Waals surface area contributed by atoms with Crippen LogP contribution in [-0.2, 0) is 10.0 Å². The summed E-state index contributed by atoms with van der Waals surface area (Å²) < 4.78 is 66.7. The number of anilines is 2. The molecule has 1 N–H and O–H groups in total. The zero-order valence-electron chi connectivity index (χ0n) is 15.4. The highest BCUT2D eigenvalue weighted by Crippen LogP contribution is 2.27. The summed E-state index contributed by atoms with van der Waals surface area (Å²) in [6.45, 7) is 0. The predicted molar refractivity (Wildman–Crippen MR) is 108 cm³/mol. The Hall–Kier alpha value is -3.04. The standard InChI is InChI=1S/C20H14ClF3N2O3S/c1-26(14-5-2-12(22)3-6-14)30(28,29)15-7-8-17(21)16(11-15)20(27)25-19-9-4-13(23)10-18(19)24/h2-11H,1H3,(H,25,27). The number of rotatable bonds is 5. The highest BCUT2D eigenvalue weighted by molar-refractivity contribution is 7.92. The van der Waals surface area contributed by atoms with Crippen LogP contribution in [0.1, 0.15) is 10.4 Å². The molecule has 10 heteroatoms. The molecule has 0 saturated carbocycles. The molecule has 0 aliphatic heterocycles. The Labute approximate surface area is 175 Å². The van der Waals surface area contributed by atoms with E-state index in [9.17, 15) is 26.4 Å². The van der Waals surface area contributed by atoms with Gasteiger partial charge in [-0.2, -0.15) is 0 Å². The molecule has 3 rings (SSSR count). The number of hydrogen-bond acceptors (Lipinski definition) is 3. The molecule has 0 aliphatic rings.